The molecule has 1 aliphatic heterocycles. The molecule has 0 fully saturated rings. The van der Waals surface area contributed by atoms with E-state index in [0.717, 1.165) is 10.6 Å². The molecule has 1 amide bonds. The number of rotatable bonds is 4. The van der Waals surface area contributed by atoms with Crippen LogP contribution in [0.15, 0.2) is 59.4 Å². The second-order valence-corrected chi connectivity index (χ2v) is 9.20. The Labute approximate surface area is 179 Å². The molecule has 1 aliphatic rings. The third-order valence-corrected chi connectivity index (χ3v) is 6.38. The molecule has 1 N–H and O–H groups in total. The van der Waals surface area contributed by atoms with Gasteiger partial charge in [0.15, 0.2) is 6.10 Å². The Hall–Kier alpha value is -3.53. The average Bonchev–Trinajstić information content (AvgIpc) is 2.96. The van der Waals surface area contributed by atoms with Crippen molar-refractivity contribution in [1.29, 1.82) is 0 Å². The first kappa shape index (κ1) is 20.7. The quantitative estimate of drug-likeness (QED) is 0.662. The van der Waals surface area contributed by atoms with Crippen molar-refractivity contribution in [2.75, 3.05) is 22.4 Å². The molecule has 1 aromatic heterocycles. The molecule has 31 heavy (non-hydrogen) atoms. The summed E-state index contributed by atoms with van der Waals surface area (Å²) < 4.78 is 34.5. The predicted octanol–water partition coefficient (Wildman–Crippen LogP) is 1.65. The first-order valence-electron chi connectivity index (χ1n) is 9.57. The lowest BCUT2D eigenvalue weighted by atomic mass is 10.2. The minimum Gasteiger partial charge on any atom is -0.476 e. The van der Waals surface area contributed by atoms with Gasteiger partial charge in [-0.15, -0.1) is 0 Å². The van der Waals surface area contributed by atoms with Crippen molar-refractivity contribution in [1.82, 2.24) is 9.36 Å². The number of nitrogens with one attached hydrogen (secondary N) is 1. The van der Waals surface area contributed by atoms with Crippen LogP contribution < -0.4 is 19.9 Å². The van der Waals surface area contributed by atoms with E-state index in [9.17, 15) is 18.0 Å². The number of sulfonamides is 1. The van der Waals surface area contributed by atoms with E-state index in [0.29, 0.717) is 17.1 Å². The van der Waals surface area contributed by atoms with Crippen LogP contribution in [0, 0.1) is 6.92 Å². The molecule has 0 saturated heterocycles. The summed E-state index contributed by atoms with van der Waals surface area (Å²) in [5.41, 5.74) is 1.31. The highest BCUT2D eigenvalue weighted by Gasteiger charge is 2.35. The molecule has 0 unspecified atom stereocenters. The van der Waals surface area contributed by atoms with Gasteiger partial charge in [0.2, 0.25) is 10.0 Å². The lowest BCUT2D eigenvalue weighted by Crippen LogP contribution is -2.48. The van der Waals surface area contributed by atoms with Crippen molar-refractivity contribution < 1.29 is 17.9 Å². The topological polar surface area (TPSA) is 103 Å². The van der Waals surface area contributed by atoms with Crippen molar-refractivity contribution in [2.24, 2.45) is 7.05 Å². The van der Waals surface area contributed by atoms with Gasteiger partial charge in [0, 0.05) is 7.05 Å². The van der Waals surface area contributed by atoms with Gasteiger partial charge in [-0.2, -0.15) is 0 Å². The van der Waals surface area contributed by atoms with E-state index in [-0.39, 0.29) is 18.0 Å². The number of hydrogen-bond acceptors (Lipinski definition) is 5. The van der Waals surface area contributed by atoms with E-state index >= 15 is 0 Å². The smallest absolute Gasteiger partial charge is 0.295 e. The maximum Gasteiger partial charge on any atom is 0.295 e. The molecule has 0 bridgehead atoms. The van der Waals surface area contributed by atoms with Crippen LogP contribution in [0.2, 0.25) is 0 Å². The average molecular weight is 442 g/mol. The van der Waals surface area contributed by atoms with Crippen LogP contribution in [0.4, 0.5) is 11.4 Å². The number of fused-ring (bicyclic) bond motifs is 1. The SMILES string of the molecule is Cc1c(NC(=O)[C@H]2CN(S(C)(=O)=O)c3ccccc3O2)c(=O)n(-c2ccccc2)n1C. The maximum absolute atomic E-state index is 13.0. The number of aromatic nitrogens is 2. The molecule has 4 rings (SSSR count). The van der Waals surface area contributed by atoms with Crippen molar-refractivity contribution in [2.45, 2.75) is 13.0 Å². The Balaban J connectivity index is 1.66. The first-order chi connectivity index (χ1) is 14.7. The molecule has 0 saturated carbocycles. The van der Waals surface area contributed by atoms with Crippen LogP contribution >= 0.6 is 0 Å². The Bertz CT molecular complexity index is 1310. The summed E-state index contributed by atoms with van der Waals surface area (Å²) in [6.45, 7) is 1.52. The highest BCUT2D eigenvalue weighted by atomic mass is 32.2. The van der Waals surface area contributed by atoms with Crippen LogP contribution in [-0.2, 0) is 21.9 Å². The molecule has 9 nitrogen and oxygen atoms in total. The summed E-state index contributed by atoms with van der Waals surface area (Å²) in [5, 5.41) is 2.64. The van der Waals surface area contributed by atoms with Gasteiger partial charge in [-0.3, -0.25) is 18.6 Å². The Kier molecular flexibility index (Phi) is 5.10. The second-order valence-electron chi connectivity index (χ2n) is 7.29. The summed E-state index contributed by atoms with van der Waals surface area (Å²) >= 11 is 0. The molecular weight excluding hydrogens is 420 g/mol. The molecule has 162 valence electrons. The monoisotopic (exact) mass is 442 g/mol. The van der Waals surface area contributed by atoms with Gasteiger partial charge in [0.25, 0.3) is 11.5 Å². The van der Waals surface area contributed by atoms with Crippen molar-refractivity contribution in [3.05, 3.63) is 70.6 Å². The van der Waals surface area contributed by atoms with Gasteiger partial charge in [-0.1, -0.05) is 30.3 Å². The number of para-hydroxylation sites is 3. The minimum absolute atomic E-state index is 0.115. The minimum atomic E-state index is -3.63. The lowest BCUT2D eigenvalue weighted by molar-refractivity contribution is -0.122. The zero-order chi connectivity index (χ0) is 22.3. The van der Waals surface area contributed by atoms with Crippen LogP contribution in [0.1, 0.15) is 5.69 Å². The molecule has 2 heterocycles. The fraction of sp³-hybridized carbons (Fsp3) is 0.238. The normalized spacial score (nSPS) is 15.8. The summed E-state index contributed by atoms with van der Waals surface area (Å²) in [5.74, 6) is -0.319. The zero-order valence-corrected chi connectivity index (χ0v) is 18.1. The highest BCUT2D eigenvalue weighted by Crippen LogP contribution is 2.34. The maximum atomic E-state index is 13.0. The number of hydrogen-bond donors (Lipinski definition) is 1. The largest absolute Gasteiger partial charge is 0.476 e. The summed E-state index contributed by atoms with van der Waals surface area (Å²) in [6, 6.07) is 15.7. The van der Waals surface area contributed by atoms with Gasteiger partial charge in [0.1, 0.15) is 11.4 Å². The molecule has 0 spiro atoms. The van der Waals surface area contributed by atoms with E-state index in [1.54, 1.807) is 55.1 Å². The fourth-order valence-corrected chi connectivity index (χ4v) is 4.48. The summed E-state index contributed by atoms with van der Waals surface area (Å²) in [6.07, 6.45) is -0.0435. The number of anilines is 2. The fourth-order valence-electron chi connectivity index (χ4n) is 3.57. The number of ether oxygens (including phenoxy) is 1. The Morgan fingerprint density at radius 1 is 1.10 bits per heavy atom. The highest BCUT2D eigenvalue weighted by molar-refractivity contribution is 7.92. The zero-order valence-electron chi connectivity index (χ0n) is 17.3. The molecule has 3 aromatic rings. The van der Waals surface area contributed by atoms with E-state index in [1.807, 2.05) is 18.2 Å². The summed E-state index contributed by atoms with van der Waals surface area (Å²) in [7, 11) is -1.91. The Morgan fingerprint density at radius 2 is 1.74 bits per heavy atom. The third-order valence-electron chi connectivity index (χ3n) is 5.23. The Morgan fingerprint density at radius 3 is 2.42 bits per heavy atom. The van der Waals surface area contributed by atoms with Crippen LogP contribution in [0.5, 0.6) is 5.75 Å². The standard InChI is InChI=1S/C21H22N4O5S/c1-14-19(21(27)25(23(14)2)15-9-5-4-6-10-15)22-20(26)18-13-24(31(3,28)29)16-11-7-8-12-17(16)30-18/h4-12,18H,13H2,1-3H3,(H,22,26)/t18-/m1/s1. The molecular formula is C21H22N4O5S. The van der Waals surface area contributed by atoms with Crippen LogP contribution in [0.25, 0.3) is 5.69 Å². The van der Waals surface area contributed by atoms with E-state index in [1.165, 1.54) is 4.68 Å². The van der Waals surface area contributed by atoms with E-state index in [4.69, 9.17) is 4.74 Å². The number of nitrogens with zero attached hydrogens (tertiary/aromatic N) is 3. The van der Waals surface area contributed by atoms with Crippen LogP contribution in [0.3, 0.4) is 0 Å². The van der Waals surface area contributed by atoms with Crippen molar-refractivity contribution in [3.8, 4) is 11.4 Å². The van der Waals surface area contributed by atoms with E-state index in [2.05, 4.69) is 5.32 Å². The molecule has 1 atom stereocenters. The van der Waals surface area contributed by atoms with Crippen LogP contribution in [-0.4, -0.2) is 42.6 Å². The third kappa shape index (κ3) is 3.70. The molecule has 0 radical (unpaired) electrons. The van der Waals surface area contributed by atoms with Gasteiger partial charge < -0.3 is 10.1 Å². The van der Waals surface area contributed by atoms with Gasteiger partial charge >= 0.3 is 0 Å². The van der Waals surface area contributed by atoms with Gasteiger partial charge in [-0.25, -0.2) is 13.1 Å². The lowest BCUT2D eigenvalue weighted by Gasteiger charge is -2.33. The van der Waals surface area contributed by atoms with E-state index < -0.39 is 27.6 Å². The second kappa shape index (κ2) is 7.62. The number of carbonyl (C=O) groups excluding carboxylic acids is 1. The number of benzene rings is 2. The van der Waals surface area contributed by atoms with Crippen molar-refractivity contribution >= 4 is 27.3 Å². The first-order valence-corrected chi connectivity index (χ1v) is 11.4. The number of amides is 1. The summed E-state index contributed by atoms with van der Waals surface area (Å²) in [4.78, 5) is 26.0. The molecule has 2 aromatic carbocycles. The number of carbonyl (C=O) groups is 1. The van der Waals surface area contributed by atoms with Gasteiger partial charge in [-0.05, 0) is 31.2 Å². The predicted molar refractivity (Wildman–Crippen MR) is 117 cm³/mol. The van der Waals surface area contributed by atoms with Crippen molar-refractivity contribution in [3.63, 3.8) is 0 Å². The molecule has 0 aliphatic carbocycles. The molecule has 10 heteroatoms. The van der Waals surface area contributed by atoms with Gasteiger partial charge in [0.05, 0.1) is 29.9 Å².